The molecule has 3 N–H and O–H groups in total. The van der Waals surface area contributed by atoms with Gasteiger partial charge in [0, 0.05) is 29.3 Å². The second-order valence-corrected chi connectivity index (χ2v) is 6.24. The van der Waals surface area contributed by atoms with Crippen molar-refractivity contribution < 1.29 is 18.4 Å². The van der Waals surface area contributed by atoms with Gasteiger partial charge in [-0.15, -0.1) is 0 Å². The Bertz CT molecular complexity index is 1030. The number of nitrogens with one attached hydrogen (secondary N) is 3. The third kappa shape index (κ3) is 2.92. The Morgan fingerprint density at radius 2 is 2.04 bits per heavy atom. The van der Waals surface area contributed by atoms with Gasteiger partial charge in [0.25, 0.3) is 0 Å². The summed E-state index contributed by atoms with van der Waals surface area (Å²) in [4.78, 5) is 26.3. The molecule has 1 aromatic heterocycles. The van der Waals surface area contributed by atoms with Gasteiger partial charge in [-0.3, -0.25) is 9.59 Å². The van der Waals surface area contributed by atoms with E-state index in [0.29, 0.717) is 29.4 Å². The van der Waals surface area contributed by atoms with Crippen molar-refractivity contribution in [3.05, 3.63) is 54.2 Å². The van der Waals surface area contributed by atoms with E-state index in [0.717, 1.165) is 0 Å². The summed E-state index contributed by atoms with van der Waals surface area (Å²) in [6.45, 7) is 0. The lowest BCUT2D eigenvalue weighted by atomic mass is 10.0. The van der Waals surface area contributed by atoms with E-state index in [4.69, 9.17) is 0 Å². The maximum Gasteiger partial charge on any atom is 0.246 e. The summed E-state index contributed by atoms with van der Waals surface area (Å²) < 4.78 is 27.9. The molecular formula is C19H15F2N3O2. The van der Waals surface area contributed by atoms with Crippen LogP contribution in [0.2, 0.25) is 0 Å². The molecule has 0 spiro atoms. The fourth-order valence-corrected chi connectivity index (χ4v) is 3.20. The first-order valence-electron chi connectivity index (χ1n) is 8.18. The summed E-state index contributed by atoms with van der Waals surface area (Å²) in [6.07, 6.45) is 2.31. The number of rotatable bonds is 3. The number of aromatic amines is 1. The first-order chi connectivity index (χ1) is 12.5. The van der Waals surface area contributed by atoms with Crippen molar-refractivity contribution in [2.24, 2.45) is 0 Å². The van der Waals surface area contributed by atoms with Crippen LogP contribution < -0.4 is 10.6 Å². The number of carbonyl (C=O) groups is 2. The summed E-state index contributed by atoms with van der Waals surface area (Å²) in [5.74, 6) is -1.49. The highest BCUT2D eigenvalue weighted by Gasteiger charge is 2.27. The largest absolute Gasteiger partial charge is 0.358 e. The average molecular weight is 355 g/mol. The van der Waals surface area contributed by atoms with E-state index in [1.807, 2.05) is 0 Å². The molecule has 1 atom stereocenters. The molecule has 3 aromatic rings. The minimum Gasteiger partial charge on any atom is -0.358 e. The third-order valence-corrected chi connectivity index (χ3v) is 4.46. The maximum atomic E-state index is 14.4. The van der Waals surface area contributed by atoms with Crippen LogP contribution in [0.1, 0.15) is 12.8 Å². The van der Waals surface area contributed by atoms with Gasteiger partial charge in [-0.05, 0) is 36.2 Å². The second kappa shape index (κ2) is 6.25. The Labute approximate surface area is 147 Å². The highest BCUT2D eigenvalue weighted by atomic mass is 19.1. The SMILES string of the molecule is O=C1CC[C@H](C(=O)Nc2cc(F)c3[nH]cc(-c4cccc(F)c4)c3c2)N1. The Hall–Kier alpha value is -3.22. The first kappa shape index (κ1) is 16.3. The highest BCUT2D eigenvalue weighted by Crippen LogP contribution is 2.32. The number of H-pyrrole nitrogens is 1. The van der Waals surface area contributed by atoms with E-state index < -0.39 is 23.6 Å². The van der Waals surface area contributed by atoms with Crippen LogP contribution in [0.15, 0.2) is 42.6 Å². The molecule has 1 fully saturated rings. The topological polar surface area (TPSA) is 74.0 Å². The normalized spacial score (nSPS) is 16.7. The van der Waals surface area contributed by atoms with Crippen LogP contribution in [-0.2, 0) is 9.59 Å². The molecule has 1 saturated heterocycles. The molecule has 0 unspecified atom stereocenters. The summed E-state index contributed by atoms with van der Waals surface area (Å²) in [5, 5.41) is 5.74. The molecule has 4 rings (SSSR count). The molecule has 132 valence electrons. The van der Waals surface area contributed by atoms with Gasteiger partial charge in [0.2, 0.25) is 11.8 Å². The molecule has 0 bridgehead atoms. The van der Waals surface area contributed by atoms with Crippen molar-refractivity contribution in [3.8, 4) is 11.1 Å². The zero-order valence-corrected chi connectivity index (χ0v) is 13.6. The van der Waals surface area contributed by atoms with E-state index in [-0.39, 0.29) is 17.1 Å². The van der Waals surface area contributed by atoms with Crippen molar-refractivity contribution in [2.75, 3.05) is 5.32 Å². The molecule has 2 amide bonds. The van der Waals surface area contributed by atoms with Crippen molar-refractivity contribution >= 4 is 28.4 Å². The van der Waals surface area contributed by atoms with E-state index in [1.165, 1.54) is 18.2 Å². The van der Waals surface area contributed by atoms with Crippen LogP contribution in [0, 0.1) is 11.6 Å². The highest BCUT2D eigenvalue weighted by molar-refractivity contribution is 6.02. The van der Waals surface area contributed by atoms with E-state index in [9.17, 15) is 18.4 Å². The van der Waals surface area contributed by atoms with Gasteiger partial charge in [0.1, 0.15) is 17.7 Å². The molecule has 7 heteroatoms. The number of halogens is 2. The van der Waals surface area contributed by atoms with Gasteiger partial charge in [0.15, 0.2) is 0 Å². The zero-order valence-electron chi connectivity index (χ0n) is 13.6. The van der Waals surface area contributed by atoms with Crippen molar-refractivity contribution in [2.45, 2.75) is 18.9 Å². The number of benzene rings is 2. The van der Waals surface area contributed by atoms with Crippen LogP contribution in [0.25, 0.3) is 22.0 Å². The monoisotopic (exact) mass is 355 g/mol. The van der Waals surface area contributed by atoms with Crippen molar-refractivity contribution in [1.82, 2.24) is 10.3 Å². The lowest BCUT2D eigenvalue weighted by molar-refractivity contribution is -0.122. The van der Waals surface area contributed by atoms with Crippen molar-refractivity contribution in [3.63, 3.8) is 0 Å². The zero-order chi connectivity index (χ0) is 18.3. The fourth-order valence-electron chi connectivity index (χ4n) is 3.20. The van der Waals surface area contributed by atoms with Gasteiger partial charge in [-0.1, -0.05) is 12.1 Å². The number of hydrogen-bond acceptors (Lipinski definition) is 2. The molecule has 1 aliphatic rings. The van der Waals surface area contributed by atoms with Gasteiger partial charge in [-0.25, -0.2) is 8.78 Å². The first-order valence-corrected chi connectivity index (χ1v) is 8.18. The Kier molecular flexibility index (Phi) is 3.91. The van der Waals surface area contributed by atoms with Gasteiger partial charge in [0.05, 0.1) is 5.52 Å². The number of carbonyl (C=O) groups excluding carboxylic acids is 2. The second-order valence-electron chi connectivity index (χ2n) is 6.24. The number of amides is 2. The lowest BCUT2D eigenvalue weighted by Gasteiger charge is -2.11. The predicted octanol–water partition coefficient (Wildman–Crippen LogP) is 3.33. The fraction of sp³-hybridized carbons (Fsp3) is 0.158. The van der Waals surface area contributed by atoms with Crippen LogP contribution >= 0.6 is 0 Å². The number of fused-ring (bicyclic) bond motifs is 1. The van der Waals surface area contributed by atoms with Crippen LogP contribution in [0.5, 0.6) is 0 Å². The molecule has 1 aliphatic heterocycles. The van der Waals surface area contributed by atoms with Crippen molar-refractivity contribution in [1.29, 1.82) is 0 Å². The lowest BCUT2D eigenvalue weighted by Crippen LogP contribution is -2.37. The predicted molar refractivity (Wildman–Crippen MR) is 93.4 cm³/mol. The minimum absolute atomic E-state index is 0.175. The van der Waals surface area contributed by atoms with E-state index in [2.05, 4.69) is 15.6 Å². The molecule has 0 radical (unpaired) electrons. The molecule has 2 heterocycles. The van der Waals surface area contributed by atoms with E-state index >= 15 is 0 Å². The molecule has 0 aliphatic carbocycles. The summed E-state index contributed by atoms with van der Waals surface area (Å²) in [5.41, 5.74) is 1.78. The smallest absolute Gasteiger partial charge is 0.246 e. The number of anilines is 1. The average Bonchev–Trinajstić information content (AvgIpc) is 3.21. The Morgan fingerprint density at radius 1 is 1.19 bits per heavy atom. The summed E-state index contributed by atoms with van der Waals surface area (Å²) >= 11 is 0. The van der Waals surface area contributed by atoms with Gasteiger partial charge < -0.3 is 15.6 Å². The molecule has 0 saturated carbocycles. The van der Waals surface area contributed by atoms with Gasteiger partial charge in [-0.2, -0.15) is 0 Å². The third-order valence-electron chi connectivity index (χ3n) is 4.46. The maximum absolute atomic E-state index is 14.4. The molecule has 2 aromatic carbocycles. The molecule has 5 nitrogen and oxygen atoms in total. The van der Waals surface area contributed by atoms with Gasteiger partial charge >= 0.3 is 0 Å². The summed E-state index contributed by atoms with van der Waals surface area (Å²) in [6, 6.07) is 8.22. The quantitative estimate of drug-likeness (QED) is 0.674. The molecule has 26 heavy (non-hydrogen) atoms. The van der Waals surface area contributed by atoms with Crippen LogP contribution in [-0.4, -0.2) is 22.8 Å². The Morgan fingerprint density at radius 3 is 2.77 bits per heavy atom. The van der Waals surface area contributed by atoms with E-state index in [1.54, 1.807) is 24.4 Å². The van der Waals surface area contributed by atoms with Crippen LogP contribution in [0.4, 0.5) is 14.5 Å². The minimum atomic E-state index is -0.616. The standard InChI is InChI=1S/C19H15F2N3O2/c20-11-3-1-2-10(6-11)14-9-22-18-13(14)7-12(8-15(18)21)23-19(26)16-4-5-17(25)24-16/h1-3,6-9,16,22H,4-5H2,(H,23,26)(H,24,25)/t16-/m1/s1. The summed E-state index contributed by atoms with van der Waals surface area (Å²) in [7, 11) is 0. The molecular weight excluding hydrogens is 340 g/mol. The number of hydrogen-bond donors (Lipinski definition) is 3. The van der Waals surface area contributed by atoms with Crippen LogP contribution in [0.3, 0.4) is 0 Å². The Balaban J connectivity index is 1.70. The number of aromatic nitrogens is 1.